The average molecular weight is 369 g/mol. The number of halogens is 4. The Balaban J connectivity index is 2.16. The van der Waals surface area contributed by atoms with Crippen LogP contribution in [0.3, 0.4) is 0 Å². The number of rotatable bonds is 4. The monoisotopic (exact) mass is 368 g/mol. The molecule has 0 heterocycles. The van der Waals surface area contributed by atoms with Crippen molar-refractivity contribution in [1.29, 1.82) is 0 Å². The molecule has 0 N–H and O–H groups in total. The zero-order valence-electron chi connectivity index (χ0n) is 13.6. The lowest BCUT2D eigenvalue weighted by molar-refractivity contribution is 0.493. The van der Waals surface area contributed by atoms with Crippen LogP contribution in [0, 0.1) is 0 Å². The van der Waals surface area contributed by atoms with Gasteiger partial charge in [-0.15, -0.1) is 0 Å². The van der Waals surface area contributed by atoms with Gasteiger partial charge in [-0.2, -0.15) is 0 Å². The molecule has 0 radical (unpaired) electrons. The fraction of sp³-hybridized carbons (Fsp3) is 0.333. The molecule has 2 aromatic carbocycles. The van der Waals surface area contributed by atoms with E-state index in [2.05, 4.69) is 0 Å². The maximum absolute atomic E-state index is 14.7. The van der Waals surface area contributed by atoms with E-state index in [9.17, 15) is 16.4 Å². The Hall–Kier alpha value is -1.41. The van der Waals surface area contributed by atoms with Gasteiger partial charge in [0.05, 0.1) is 0 Å². The summed E-state index contributed by atoms with van der Waals surface area (Å²) in [6.07, 6.45) is 0. The maximum atomic E-state index is 14.7. The quantitative estimate of drug-likeness (QED) is 0.337. The van der Waals surface area contributed by atoms with E-state index in [1.54, 1.807) is 12.1 Å². The van der Waals surface area contributed by atoms with Crippen molar-refractivity contribution in [3.8, 4) is 0 Å². The first kappa shape index (κ1) is 17.4. The van der Waals surface area contributed by atoms with Gasteiger partial charge in [0.15, 0.2) is 0 Å². The standard InChI is InChI=1S/C18H20F4Si2/c1-23(19,20)12-16-14-10-6-7-11-15(14)17(18(16)24(2,21)22)13-8-4-3-5-9-13/h3-11,16-18H,12H2,1-2H3/t16-,17+,18+/m1/s1. The second kappa shape index (κ2) is 6.15. The van der Waals surface area contributed by atoms with Crippen molar-refractivity contribution < 1.29 is 16.4 Å². The molecule has 1 aliphatic carbocycles. The molecule has 6 heteroatoms. The van der Waals surface area contributed by atoms with Gasteiger partial charge < -0.3 is 0 Å². The fourth-order valence-corrected chi connectivity index (χ4v) is 7.51. The van der Waals surface area contributed by atoms with E-state index in [0.717, 1.165) is 24.2 Å². The predicted molar refractivity (Wildman–Crippen MR) is 93.7 cm³/mol. The second-order valence-corrected chi connectivity index (χ2v) is 12.0. The van der Waals surface area contributed by atoms with Crippen LogP contribution in [0.4, 0.5) is 16.4 Å². The van der Waals surface area contributed by atoms with Crippen LogP contribution in [-0.4, -0.2) is 17.5 Å². The first-order valence-electron chi connectivity index (χ1n) is 8.08. The van der Waals surface area contributed by atoms with Crippen LogP contribution < -0.4 is 0 Å². The third kappa shape index (κ3) is 3.35. The van der Waals surface area contributed by atoms with Crippen molar-refractivity contribution in [2.24, 2.45) is 0 Å². The van der Waals surface area contributed by atoms with Crippen molar-refractivity contribution in [1.82, 2.24) is 0 Å². The molecule has 0 fully saturated rings. The summed E-state index contributed by atoms with van der Waals surface area (Å²) >= 11 is 0. The molecule has 0 aliphatic heterocycles. The molecule has 3 atom stereocenters. The molecular weight excluding hydrogens is 348 g/mol. The minimum absolute atomic E-state index is 0.394. The summed E-state index contributed by atoms with van der Waals surface area (Å²) in [5.41, 5.74) is 1.29. The van der Waals surface area contributed by atoms with Crippen molar-refractivity contribution in [3.63, 3.8) is 0 Å². The lowest BCUT2D eigenvalue weighted by Crippen LogP contribution is -2.33. The fourth-order valence-electron chi connectivity index (χ4n) is 4.07. The van der Waals surface area contributed by atoms with Crippen LogP contribution in [0.1, 0.15) is 28.5 Å². The van der Waals surface area contributed by atoms with Gasteiger partial charge in [0.2, 0.25) is 0 Å². The topological polar surface area (TPSA) is 0 Å². The molecule has 1 aliphatic rings. The summed E-state index contributed by atoms with van der Waals surface area (Å²) in [6, 6.07) is 15.9. The smallest absolute Gasteiger partial charge is 0.271 e. The molecule has 3 rings (SSSR count). The van der Waals surface area contributed by atoms with E-state index < -0.39 is 40.9 Å². The van der Waals surface area contributed by atoms with Crippen LogP contribution in [0.2, 0.25) is 24.7 Å². The normalized spacial score (nSPS) is 24.0. The van der Waals surface area contributed by atoms with E-state index in [4.69, 9.17) is 0 Å². The summed E-state index contributed by atoms with van der Waals surface area (Å²) < 4.78 is 57.1. The highest BCUT2D eigenvalue weighted by molar-refractivity contribution is 6.68. The van der Waals surface area contributed by atoms with Gasteiger partial charge in [0, 0.05) is 17.5 Å². The Labute approximate surface area is 142 Å². The number of hydrogen-bond donors (Lipinski definition) is 0. The van der Waals surface area contributed by atoms with Crippen molar-refractivity contribution in [3.05, 3.63) is 71.3 Å². The number of hydrogen-bond acceptors (Lipinski definition) is 0. The molecule has 0 spiro atoms. The molecule has 0 bridgehead atoms. The first-order chi connectivity index (χ1) is 11.2. The Kier molecular flexibility index (Phi) is 4.46. The second-order valence-electron chi connectivity index (χ2n) is 6.88. The Morgan fingerprint density at radius 2 is 1.33 bits per heavy atom. The third-order valence-electron chi connectivity index (χ3n) is 4.85. The number of fused-ring (bicyclic) bond motifs is 1. The Bertz CT molecular complexity index is 707. The van der Waals surface area contributed by atoms with Crippen LogP contribution in [0.15, 0.2) is 54.6 Å². The van der Waals surface area contributed by atoms with Crippen LogP contribution in [-0.2, 0) is 0 Å². The lowest BCUT2D eigenvalue weighted by atomic mass is 9.92. The highest BCUT2D eigenvalue weighted by Crippen LogP contribution is 2.60. The molecule has 24 heavy (non-hydrogen) atoms. The van der Waals surface area contributed by atoms with E-state index in [0.29, 0.717) is 5.56 Å². The molecule has 0 amide bonds. The van der Waals surface area contributed by atoms with E-state index >= 15 is 0 Å². The molecular formula is C18H20F4Si2. The number of benzene rings is 2. The van der Waals surface area contributed by atoms with Crippen molar-refractivity contribution in [2.75, 3.05) is 0 Å². The van der Waals surface area contributed by atoms with Crippen LogP contribution >= 0.6 is 0 Å². The minimum atomic E-state index is -4.64. The average Bonchev–Trinajstić information content (AvgIpc) is 2.81. The highest BCUT2D eigenvalue weighted by Gasteiger charge is 2.56. The van der Waals surface area contributed by atoms with E-state index in [1.807, 2.05) is 42.5 Å². The zero-order valence-corrected chi connectivity index (χ0v) is 15.6. The van der Waals surface area contributed by atoms with Crippen molar-refractivity contribution >= 4 is 17.5 Å². The van der Waals surface area contributed by atoms with Gasteiger partial charge in [-0.25, -0.2) is 0 Å². The molecule has 2 aromatic rings. The first-order valence-corrected chi connectivity index (χ1v) is 12.9. The maximum Gasteiger partial charge on any atom is 0.426 e. The Morgan fingerprint density at radius 1 is 0.792 bits per heavy atom. The summed E-state index contributed by atoms with van der Waals surface area (Å²) in [7, 11) is -9.09. The summed E-state index contributed by atoms with van der Waals surface area (Å²) in [5, 5.41) is 0. The summed E-state index contributed by atoms with van der Waals surface area (Å²) in [4.78, 5) is 0. The van der Waals surface area contributed by atoms with Gasteiger partial charge >= 0.3 is 17.5 Å². The van der Waals surface area contributed by atoms with Gasteiger partial charge in [-0.1, -0.05) is 54.6 Å². The SMILES string of the molecule is C[Si](F)(F)C[C@@H]1c2ccccc2[C@H](c2ccccc2)[C@H]1[Si](C)(F)F. The van der Waals surface area contributed by atoms with Crippen molar-refractivity contribution in [2.45, 2.75) is 36.5 Å². The zero-order chi connectivity index (χ0) is 17.5. The van der Waals surface area contributed by atoms with E-state index in [-0.39, 0.29) is 0 Å². The Morgan fingerprint density at radius 3 is 1.88 bits per heavy atom. The van der Waals surface area contributed by atoms with Gasteiger partial charge in [-0.3, -0.25) is 16.4 Å². The lowest BCUT2D eigenvalue weighted by Gasteiger charge is -2.30. The molecule has 0 aromatic heterocycles. The van der Waals surface area contributed by atoms with Crippen LogP contribution in [0.25, 0.3) is 0 Å². The summed E-state index contributed by atoms with van der Waals surface area (Å²) in [6.45, 7) is 1.96. The molecule has 0 nitrogen and oxygen atoms in total. The molecule has 128 valence electrons. The van der Waals surface area contributed by atoms with Gasteiger partial charge in [-0.05, 0) is 35.7 Å². The minimum Gasteiger partial charge on any atom is -0.271 e. The largest absolute Gasteiger partial charge is 0.426 e. The molecule has 0 saturated heterocycles. The molecule has 0 unspecified atom stereocenters. The highest BCUT2D eigenvalue weighted by atomic mass is 28.4. The predicted octanol–water partition coefficient (Wildman–Crippen LogP) is 6.31. The third-order valence-corrected chi connectivity index (χ3v) is 7.91. The van der Waals surface area contributed by atoms with E-state index in [1.165, 1.54) is 0 Å². The molecule has 0 saturated carbocycles. The van der Waals surface area contributed by atoms with Crippen LogP contribution in [0.5, 0.6) is 0 Å². The van der Waals surface area contributed by atoms with Gasteiger partial charge in [0.25, 0.3) is 0 Å². The summed E-state index contributed by atoms with van der Waals surface area (Å²) in [5.74, 6) is -1.24. The van der Waals surface area contributed by atoms with Gasteiger partial charge in [0.1, 0.15) is 0 Å².